The Bertz CT molecular complexity index is 1060. The Morgan fingerprint density at radius 1 is 1.09 bits per heavy atom. The quantitative estimate of drug-likeness (QED) is 0.329. The Kier molecular flexibility index (Phi) is 9.50. The number of fused-ring (bicyclic) bond motifs is 1. The Hall–Kier alpha value is -2.22. The van der Waals surface area contributed by atoms with Gasteiger partial charge in [0, 0.05) is 47.1 Å². The summed E-state index contributed by atoms with van der Waals surface area (Å²) < 4.78 is 5.36. The van der Waals surface area contributed by atoms with E-state index in [1.54, 1.807) is 23.5 Å². The van der Waals surface area contributed by atoms with Crippen molar-refractivity contribution in [1.29, 1.82) is 0 Å². The molecule has 0 fully saturated rings. The number of carbonyl (C=O) groups is 3. The van der Waals surface area contributed by atoms with E-state index in [1.165, 1.54) is 0 Å². The van der Waals surface area contributed by atoms with Gasteiger partial charge in [0.15, 0.2) is 0 Å². The monoisotopic (exact) mass is 518 g/mol. The lowest BCUT2D eigenvalue weighted by Gasteiger charge is -2.27. The molecule has 0 saturated carbocycles. The van der Waals surface area contributed by atoms with E-state index in [2.05, 4.69) is 4.90 Å². The van der Waals surface area contributed by atoms with E-state index in [0.29, 0.717) is 23.4 Å². The minimum absolute atomic E-state index is 0.0512. The number of amides is 1. The molecule has 6 nitrogen and oxygen atoms in total. The van der Waals surface area contributed by atoms with Crippen molar-refractivity contribution in [3.8, 4) is 0 Å². The largest absolute Gasteiger partial charge is 0.460 e. The smallest absolute Gasteiger partial charge is 0.306 e. The molecule has 2 N–H and O–H groups in total. The summed E-state index contributed by atoms with van der Waals surface area (Å²) >= 11 is 7.47. The average Bonchev–Trinajstić information content (AvgIpc) is 3.11. The Labute approximate surface area is 216 Å². The number of primary amides is 1. The van der Waals surface area contributed by atoms with Gasteiger partial charge in [-0.3, -0.25) is 19.3 Å². The summed E-state index contributed by atoms with van der Waals surface area (Å²) in [6.45, 7) is 8.19. The van der Waals surface area contributed by atoms with Crippen LogP contribution in [0.2, 0.25) is 5.02 Å². The molecule has 0 aliphatic carbocycles. The highest BCUT2D eigenvalue weighted by Gasteiger charge is 2.27. The second-order valence-electron chi connectivity index (χ2n) is 10.1. The topological polar surface area (TPSA) is 89.7 Å². The summed E-state index contributed by atoms with van der Waals surface area (Å²) in [5, 5.41) is 0.635. The molecule has 1 aromatic heterocycles. The van der Waals surface area contributed by atoms with Gasteiger partial charge < -0.3 is 10.5 Å². The molecule has 0 bridgehead atoms. The number of hydrogen-bond donors (Lipinski definition) is 1. The van der Waals surface area contributed by atoms with Crippen LogP contribution in [-0.2, 0) is 40.1 Å². The lowest BCUT2D eigenvalue weighted by Crippen LogP contribution is -2.31. The molecule has 2 aromatic rings. The first kappa shape index (κ1) is 27.4. The first-order chi connectivity index (χ1) is 16.5. The zero-order chi connectivity index (χ0) is 25.6. The van der Waals surface area contributed by atoms with Crippen LogP contribution in [-0.4, -0.2) is 41.3 Å². The van der Waals surface area contributed by atoms with Gasteiger partial charge in [-0.25, -0.2) is 0 Å². The number of nitrogens with two attached hydrogens (primary N) is 1. The number of nitrogens with zero attached hydrogens (tertiary/aromatic N) is 1. The fourth-order valence-electron chi connectivity index (χ4n) is 4.36. The summed E-state index contributed by atoms with van der Waals surface area (Å²) in [7, 11) is 0. The van der Waals surface area contributed by atoms with Gasteiger partial charge in [0.1, 0.15) is 11.4 Å². The molecule has 0 atom stereocenters. The van der Waals surface area contributed by atoms with E-state index in [4.69, 9.17) is 22.1 Å². The number of esters is 1. The summed E-state index contributed by atoms with van der Waals surface area (Å²) in [4.78, 5) is 41.1. The van der Waals surface area contributed by atoms with Crippen molar-refractivity contribution in [2.24, 2.45) is 5.73 Å². The van der Waals surface area contributed by atoms with Crippen LogP contribution in [0.25, 0.3) is 0 Å². The van der Waals surface area contributed by atoms with Crippen molar-refractivity contribution in [1.82, 2.24) is 4.90 Å². The number of rotatable bonds is 11. The van der Waals surface area contributed by atoms with E-state index in [1.807, 2.05) is 32.9 Å². The minimum atomic E-state index is -0.451. The highest BCUT2D eigenvalue weighted by Crippen LogP contribution is 2.34. The van der Waals surface area contributed by atoms with Crippen LogP contribution in [0.5, 0.6) is 0 Å². The number of halogens is 1. The molecule has 0 saturated heterocycles. The second kappa shape index (κ2) is 12.2. The van der Waals surface area contributed by atoms with Gasteiger partial charge in [-0.2, -0.15) is 0 Å². The molecular formula is C27H35ClN2O4S. The normalized spacial score (nSPS) is 13.9. The van der Waals surface area contributed by atoms with Crippen molar-refractivity contribution in [2.45, 2.75) is 77.9 Å². The van der Waals surface area contributed by atoms with Gasteiger partial charge in [-0.15, -0.1) is 11.3 Å². The number of carbonyl (C=O) groups excluding carboxylic acids is 3. The summed E-state index contributed by atoms with van der Waals surface area (Å²) in [5.74, 6) is -0.543. The van der Waals surface area contributed by atoms with Gasteiger partial charge >= 0.3 is 5.97 Å². The van der Waals surface area contributed by atoms with Crippen molar-refractivity contribution in [2.75, 3.05) is 13.1 Å². The predicted molar refractivity (Wildman–Crippen MR) is 140 cm³/mol. The minimum Gasteiger partial charge on any atom is -0.460 e. The van der Waals surface area contributed by atoms with Crippen molar-refractivity contribution < 1.29 is 19.1 Å². The Morgan fingerprint density at radius 3 is 2.46 bits per heavy atom. The van der Waals surface area contributed by atoms with Crippen molar-refractivity contribution in [3.05, 3.63) is 55.7 Å². The first-order valence-electron chi connectivity index (χ1n) is 12.2. The van der Waals surface area contributed by atoms with Crippen LogP contribution in [0, 0.1) is 0 Å². The molecule has 1 aliphatic rings. The molecule has 0 spiro atoms. The number of ketones is 1. The fourth-order valence-corrected chi connectivity index (χ4v) is 5.92. The maximum atomic E-state index is 12.7. The predicted octanol–water partition coefficient (Wildman–Crippen LogP) is 5.11. The molecule has 190 valence electrons. The summed E-state index contributed by atoms with van der Waals surface area (Å²) in [6, 6.07) is 7.24. The van der Waals surface area contributed by atoms with Crippen LogP contribution in [0.1, 0.15) is 77.7 Å². The van der Waals surface area contributed by atoms with Gasteiger partial charge in [-0.05, 0) is 69.8 Å². The van der Waals surface area contributed by atoms with Crippen molar-refractivity contribution in [3.63, 3.8) is 0 Å². The summed E-state index contributed by atoms with van der Waals surface area (Å²) in [5.41, 5.74) is 7.75. The van der Waals surface area contributed by atoms with E-state index in [-0.39, 0.29) is 18.2 Å². The SMILES string of the molecule is CC(C)(C)OC(=O)CCCCCN1CCc2c(sc(CC(=O)Cc3ccc(Cl)cc3)c2C(N)=O)C1. The maximum Gasteiger partial charge on any atom is 0.306 e. The van der Waals surface area contributed by atoms with Gasteiger partial charge in [0.25, 0.3) is 0 Å². The maximum absolute atomic E-state index is 12.7. The second-order valence-corrected chi connectivity index (χ2v) is 11.7. The fraction of sp³-hybridized carbons (Fsp3) is 0.519. The third-order valence-electron chi connectivity index (χ3n) is 5.90. The number of Topliss-reactive ketones (excluding diaryl/α,β-unsaturated/α-hetero) is 1. The van der Waals surface area contributed by atoms with Gasteiger partial charge in [-0.1, -0.05) is 30.2 Å². The van der Waals surface area contributed by atoms with Crippen molar-refractivity contribution >= 4 is 40.6 Å². The van der Waals surface area contributed by atoms with Crippen LogP contribution >= 0.6 is 22.9 Å². The summed E-state index contributed by atoms with van der Waals surface area (Å²) in [6.07, 6.45) is 4.49. The molecular weight excluding hydrogens is 484 g/mol. The molecule has 0 unspecified atom stereocenters. The standard InChI is InChI=1S/C27H35ClN2O4S/c1-27(2,3)34-24(32)7-5-4-6-13-30-14-12-21-23(17-30)35-22(25(21)26(29)33)16-20(31)15-18-8-10-19(28)11-9-18/h8-11H,4-7,12-17H2,1-3H3,(H2,29,33). The number of benzene rings is 1. The zero-order valence-electron chi connectivity index (χ0n) is 20.8. The number of ether oxygens (including phenoxy) is 1. The lowest BCUT2D eigenvalue weighted by atomic mass is 9.98. The Morgan fingerprint density at radius 2 is 1.80 bits per heavy atom. The molecule has 3 rings (SSSR count). The number of unbranched alkanes of at least 4 members (excludes halogenated alkanes) is 2. The molecule has 35 heavy (non-hydrogen) atoms. The molecule has 1 amide bonds. The van der Waals surface area contributed by atoms with Gasteiger partial charge in [0.2, 0.25) is 5.91 Å². The van der Waals surface area contributed by atoms with Crippen LogP contribution < -0.4 is 5.73 Å². The third-order valence-corrected chi connectivity index (χ3v) is 7.37. The number of thiophene rings is 1. The molecule has 2 heterocycles. The highest BCUT2D eigenvalue weighted by atomic mass is 35.5. The number of hydrogen-bond acceptors (Lipinski definition) is 6. The molecule has 8 heteroatoms. The van der Waals surface area contributed by atoms with Crippen LogP contribution in [0.4, 0.5) is 0 Å². The van der Waals surface area contributed by atoms with E-state index < -0.39 is 11.5 Å². The molecule has 1 aromatic carbocycles. The lowest BCUT2D eigenvalue weighted by molar-refractivity contribution is -0.154. The average molecular weight is 519 g/mol. The Balaban J connectivity index is 1.52. The van der Waals surface area contributed by atoms with Crippen LogP contribution in [0.3, 0.4) is 0 Å². The molecule has 1 aliphatic heterocycles. The van der Waals surface area contributed by atoms with E-state index in [0.717, 1.165) is 66.2 Å². The first-order valence-corrected chi connectivity index (χ1v) is 13.3. The van der Waals surface area contributed by atoms with Crippen LogP contribution in [0.15, 0.2) is 24.3 Å². The van der Waals surface area contributed by atoms with E-state index in [9.17, 15) is 14.4 Å². The zero-order valence-corrected chi connectivity index (χ0v) is 22.4. The highest BCUT2D eigenvalue weighted by molar-refractivity contribution is 7.12. The van der Waals surface area contributed by atoms with E-state index >= 15 is 0 Å². The third kappa shape index (κ3) is 8.44. The van der Waals surface area contributed by atoms with Gasteiger partial charge in [0.05, 0.1) is 5.56 Å². The molecule has 0 radical (unpaired) electrons.